The van der Waals surface area contributed by atoms with E-state index in [4.69, 9.17) is 10.8 Å². The van der Waals surface area contributed by atoms with E-state index in [-0.39, 0.29) is 0 Å². The molecule has 0 aliphatic rings. The van der Waals surface area contributed by atoms with Crippen molar-refractivity contribution in [2.45, 2.75) is 31.8 Å². The zero-order valence-corrected chi connectivity index (χ0v) is 11.8. The van der Waals surface area contributed by atoms with E-state index in [0.717, 1.165) is 16.5 Å². The van der Waals surface area contributed by atoms with Gasteiger partial charge in [-0.3, -0.25) is 4.79 Å². The number of rotatable bonds is 6. The standard InChI is InChI=1S/C15H19N3O3/c1-2-12(15(20)21)18-14(19)11(16)7-9-8-17-13-6-4-3-5-10(9)13/h3-6,8,11-12,17H,2,7,16H2,1H3,(H,18,19)(H,20,21)/t11-,12-/m1/s1. The molecule has 5 N–H and O–H groups in total. The molecule has 0 spiro atoms. The van der Waals surface area contributed by atoms with E-state index in [1.165, 1.54) is 0 Å². The molecule has 2 rings (SSSR count). The Morgan fingerprint density at radius 2 is 2.10 bits per heavy atom. The van der Waals surface area contributed by atoms with Gasteiger partial charge in [0.2, 0.25) is 5.91 Å². The Hall–Kier alpha value is -2.34. The maximum absolute atomic E-state index is 12.0. The fraction of sp³-hybridized carbons (Fsp3) is 0.333. The summed E-state index contributed by atoms with van der Waals surface area (Å²) >= 11 is 0. The van der Waals surface area contributed by atoms with Gasteiger partial charge in [0.05, 0.1) is 6.04 Å². The van der Waals surface area contributed by atoms with Crippen molar-refractivity contribution in [1.82, 2.24) is 10.3 Å². The minimum absolute atomic E-state index is 0.320. The topological polar surface area (TPSA) is 108 Å². The molecular formula is C15H19N3O3. The third kappa shape index (κ3) is 3.41. The first-order valence-corrected chi connectivity index (χ1v) is 6.86. The predicted octanol–water partition coefficient (Wildman–Crippen LogP) is 1.02. The summed E-state index contributed by atoms with van der Waals surface area (Å²) in [6.45, 7) is 1.70. The second-order valence-electron chi connectivity index (χ2n) is 4.98. The van der Waals surface area contributed by atoms with E-state index in [0.29, 0.717) is 12.8 Å². The van der Waals surface area contributed by atoms with Crippen LogP contribution in [0.5, 0.6) is 0 Å². The van der Waals surface area contributed by atoms with Gasteiger partial charge in [-0.05, 0) is 24.5 Å². The molecule has 0 aliphatic heterocycles. The molecule has 2 aromatic rings. The summed E-state index contributed by atoms with van der Waals surface area (Å²) in [6.07, 6.45) is 2.50. The molecule has 1 aromatic heterocycles. The van der Waals surface area contributed by atoms with Crippen molar-refractivity contribution in [2.24, 2.45) is 5.73 Å². The van der Waals surface area contributed by atoms with Crippen LogP contribution in [0.25, 0.3) is 10.9 Å². The van der Waals surface area contributed by atoms with Crippen LogP contribution >= 0.6 is 0 Å². The highest BCUT2D eigenvalue weighted by Crippen LogP contribution is 2.18. The van der Waals surface area contributed by atoms with Crippen molar-refractivity contribution in [3.05, 3.63) is 36.0 Å². The molecule has 0 bridgehead atoms. The van der Waals surface area contributed by atoms with Gasteiger partial charge in [-0.15, -0.1) is 0 Å². The van der Waals surface area contributed by atoms with Crippen LogP contribution in [0.2, 0.25) is 0 Å². The van der Waals surface area contributed by atoms with E-state index in [9.17, 15) is 9.59 Å². The first kappa shape index (κ1) is 15.1. The van der Waals surface area contributed by atoms with Crippen LogP contribution in [0.15, 0.2) is 30.5 Å². The number of aromatic amines is 1. The number of nitrogens with one attached hydrogen (secondary N) is 2. The third-order valence-corrected chi connectivity index (χ3v) is 3.47. The maximum atomic E-state index is 12.0. The Balaban J connectivity index is 2.05. The number of fused-ring (bicyclic) bond motifs is 1. The van der Waals surface area contributed by atoms with Crippen LogP contribution in [0, 0.1) is 0 Å². The number of hydrogen-bond acceptors (Lipinski definition) is 3. The average molecular weight is 289 g/mol. The van der Waals surface area contributed by atoms with E-state index >= 15 is 0 Å². The van der Waals surface area contributed by atoms with Crippen molar-refractivity contribution in [3.8, 4) is 0 Å². The lowest BCUT2D eigenvalue weighted by Crippen LogP contribution is -2.48. The van der Waals surface area contributed by atoms with E-state index in [1.54, 1.807) is 6.92 Å². The van der Waals surface area contributed by atoms with Crippen molar-refractivity contribution in [3.63, 3.8) is 0 Å². The van der Waals surface area contributed by atoms with Crippen LogP contribution in [-0.2, 0) is 16.0 Å². The Morgan fingerprint density at radius 3 is 2.76 bits per heavy atom. The molecule has 0 unspecified atom stereocenters. The number of carboxylic acids is 1. The summed E-state index contributed by atoms with van der Waals surface area (Å²) < 4.78 is 0. The monoisotopic (exact) mass is 289 g/mol. The fourth-order valence-electron chi connectivity index (χ4n) is 2.25. The molecule has 112 valence electrons. The molecule has 0 aliphatic carbocycles. The van der Waals surface area contributed by atoms with Gasteiger partial charge >= 0.3 is 5.97 Å². The maximum Gasteiger partial charge on any atom is 0.326 e. The first-order valence-electron chi connectivity index (χ1n) is 6.86. The predicted molar refractivity (Wildman–Crippen MR) is 79.8 cm³/mol. The molecular weight excluding hydrogens is 270 g/mol. The molecule has 21 heavy (non-hydrogen) atoms. The normalized spacial score (nSPS) is 13.8. The van der Waals surface area contributed by atoms with Gasteiger partial charge in [-0.2, -0.15) is 0 Å². The van der Waals surface area contributed by atoms with Crippen molar-refractivity contribution in [1.29, 1.82) is 0 Å². The Labute approximate surface area is 122 Å². The molecule has 0 saturated carbocycles. The second kappa shape index (κ2) is 6.41. The highest BCUT2D eigenvalue weighted by atomic mass is 16.4. The summed E-state index contributed by atoms with van der Waals surface area (Å²) in [7, 11) is 0. The first-order chi connectivity index (χ1) is 10.0. The fourth-order valence-corrected chi connectivity index (χ4v) is 2.25. The number of nitrogens with two attached hydrogens (primary N) is 1. The quantitative estimate of drug-likeness (QED) is 0.636. The van der Waals surface area contributed by atoms with Gasteiger partial charge in [-0.25, -0.2) is 4.79 Å². The molecule has 1 amide bonds. The van der Waals surface area contributed by atoms with E-state index in [2.05, 4.69) is 10.3 Å². The van der Waals surface area contributed by atoms with E-state index < -0.39 is 24.0 Å². The SMILES string of the molecule is CC[C@@H](NC(=O)[C@H](N)Cc1c[nH]c2ccccc12)C(=O)O. The zero-order chi connectivity index (χ0) is 15.4. The second-order valence-corrected chi connectivity index (χ2v) is 4.98. The molecule has 0 radical (unpaired) electrons. The number of amides is 1. The Morgan fingerprint density at radius 1 is 1.38 bits per heavy atom. The van der Waals surface area contributed by atoms with Gasteiger partial charge in [0.1, 0.15) is 6.04 Å². The lowest BCUT2D eigenvalue weighted by atomic mass is 10.0. The smallest absolute Gasteiger partial charge is 0.326 e. The molecule has 6 heteroatoms. The van der Waals surface area contributed by atoms with Gasteiger partial charge < -0.3 is 21.1 Å². The summed E-state index contributed by atoms with van der Waals surface area (Å²) in [5, 5.41) is 12.4. The lowest BCUT2D eigenvalue weighted by Gasteiger charge is -2.16. The molecule has 1 aromatic carbocycles. The lowest BCUT2D eigenvalue weighted by molar-refractivity contribution is -0.142. The highest BCUT2D eigenvalue weighted by Gasteiger charge is 2.22. The number of para-hydroxylation sites is 1. The van der Waals surface area contributed by atoms with Crippen LogP contribution in [0.3, 0.4) is 0 Å². The number of aliphatic carboxylic acids is 1. The number of carboxylic acid groups (broad SMARTS) is 1. The molecule has 0 saturated heterocycles. The number of carbonyl (C=O) groups is 2. The van der Waals surface area contributed by atoms with Crippen LogP contribution in [-0.4, -0.2) is 34.1 Å². The van der Waals surface area contributed by atoms with Gasteiger partial charge in [0, 0.05) is 17.1 Å². The van der Waals surface area contributed by atoms with Crippen molar-refractivity contribution >= 4 is 22.8 Å². The summed E-state index contributed by atoms with van der Waals surface area (Å²) in [5.41, 5.74) is 7.81. The summed E-state index contributed by atoms with van der Waals surface area (Å²) in [4.78, 5) is 26.0. The Bertz CT molecular complexity index is 650. The van der Waals surface area contributed by atoms with Gasteiger partial charge in [-0.1, -0.05) is 25.1 Å². The van der Waals surface area contributed by atoms with Crippen molar-refractivity contribution < 1.29 is 14.7 Å². The van der Waals surface area contributed by atoms with Gasteiger partial charge in [0.15, 0.2) is 0 Å². The highest BCUT2D eigenvalue weighted by molar-refractivity contribution is 5.88. The molecule has 0 fully saturated rings. The third-order valence-electron chi connectivity index (χ3n) is 3.47. The number of hydrogen-bond donors (Lipinski definition) is 4. The van der Waals surface area contributed by atoms with Crippen molar-refractivity contribution in [2.75, 3.05) is 0 Å². The summed E-state index contributed by atoms with van der Waals surface area (Å²) in [6, 6.07) is 6.07. The largest absolute Gasteiger partial charge is 0.480 e. The summed E-state index contributed by atoms with van der Waals surface area (Å²) in [5.74, 6) is -1.50. The minimum Gasteiger partial charge on any atom is -0.480 e. The number of H-pyrrole nitrogens is 1. The van der Waals surface area contributed by atoms with Crippen LogP contribution in [0.4, 0.5) is 0 Å². The average Bonchev–Trinajstić information content (AvgIpc) is 2.87. The van der Waals surface area contributed by atoms with Crippen LogP contribution < -0.4 is 11.1 Å². The molecule has 6 nitrogen and oxygen atoms in total. The zero-order valence-electron chi connectivity index (χ0n) is 11.8. The number of carbonyl (C=O) groups excluding carboxylic acids is 1. The number of benzene rings is 1. The van der Waals surface area contributed by atoms with E-state index in [1.807, 2.05) is 30.5 Å². The number of aromatic nitrogens is 1. The Kier molecular flexibility index (Phi) is 4.59. The minimum atomic E-state index is -1.05. The van der Waals surface area contributed by atoms with Crippen LogP contribution in [0.1, 0.15) is 18.9 Å². The molecule has 1 heterocycles. The van der Waals surface area contributed by atoms with Gasteiger partial charge in [0.25, 0.3) is 0 Å². The molecule has 2 atom stereocenters.